The van der Waals surface area contributed by atoms with E-state index < -0.39 is 34.4 Å². The number of nitrogens with zero attached hydrogens (tertiary/aromatic N) is 1. The lowest BCUT2D eigenvalue weighted by Crippen LogP contribution is -2.32. The van der Waals surface area contributed by atoms with Gasteiger partial charge in [-0.2, -0.15) is 0 Å². The van der Waals surface area contributed by atoms with Gasteiger partial charge in [-0.15, -0.1) is 23.2 Å². The van der Waals surface area contributed by atoms with Gasteiger partial charge in [-0.3, -0.25) is 14.4 Å². The summed E-state index contributed by atoms with van der Waals surface area (Å²) in [6.45, 7) is 1.90. The third-order valence-corrected chi connectivity index (χ3v) is 5.68. The maximum Gasteiger partial charge on any atom is 0.324 e. The van der Waals surface area contributed by atoms with Crippen molar-refractivity contribution in [3.8, 4) is 0 Å². The SMILES string of the molecule is CCOC(=O)C(Cl)CC1CC2=C(CC1Cl)C(=O)N(c1ccccc1F)C2=O. The van der Waals surface area contributed by atoms with E-state index in [1.165, 1.54) is 18.2 Å². The van der Waals surface area contributed by atoms with Crippen molar-refractivity contribution in [2.24, 2.45) is 5.92 Å². The van der Waals surface area contributed by atoms with Crippen molar-refractivity contribution < 1.29 is 23.5 Å². The molecule has 27 heavy (non-hydrogen) atoms. The summed E-state index contributed by atoms with van der Waals surface area (Å²) in [5, 5.41) is -1.34. The molecule has 0 N–H and O–H groups in total. The molecule has 0 aromatic heterocycles. The zero-order valence-corrected chi connectivity index (χ0v) is 16.1. The number of amides is 2. The van der Waals surface area contributed by atoms with Crippen LogP contribution in [0.5, 0.6) is 0 Å². The number of halogens is 3. The van der Waals surface area contributed by atoms with Crippen LogP contribution >= 0.6 is 23.2 Å². The van der Waals surface area contributed by atoms with Gasteiger partial charge >= 0.3 is 5.97 Å². The predicted octanol–water partition coefficient (Wildman–Crippen LogP) is 3.57. The van der Waals surface area contributed by atoms with E-state index in [1.54, 1.807) is 13.0 Å². The number of hydrogen-bond acceptors (Lipinski definition) is 4. The van der Waals surface area contributed by atoms with Crippen LogP contribution in [0.2, 0.25) is 0 Å². The lowest BCUT2D eigenvalue weighted by molar-refractivity contribution is -0.143. The largest absolute Gasteiger partial charge is 0.465 e. The Labute approximate surface area is 166 Å². The number of para-hydroxylation sites is 1. The average molecular weight is 414 g/mol. The first-order valence-corrected chi connectivity index (χ1v) is 9.52. The maximum atomic E-state index is 14.1. The van der Waals surface area contributed by atoms with Gasteiger partial charge in [-0.05, 0) is 44.2 Å². The summed E-state index contributed by atoms with van der Waals surface area (Å²) < 4.78 is 19.0. The van der Waals surface area contributed by atoms with Gasteiger partial charge in [0, 0.05) is 16.5 Å². The first-order valence-electron chi connectivity index (χ1n) is 8.65. The maximum absolute atomic E-state index is 14.1. The number of benzene rings is 1. The van der Waals surface area contributed by atoms with Crippen LogP contribution in [0.15, 0.2) is 35.4 Å². The van der Waals surface area contributed by atoms with E-state index in [1.807, 2.05) is 0 Å². The summed E-state index contributed by atoms with van der Waals surface area (Å²) in [4.78, 5) is 38.1. The Balaban J connectivity index is 1.80. The third kappa shape index (κ3) is 3.73. The van der Waals surface area contributed by atoms with Crippen LogP contribution in [0.4, 0.5) is 10.1 Å². The van der Waals surface area contributed by atoms with Crippen LogP contribution in [-0.2, 0) is 19.1 Å². The molecule has 3 atom stereocenters. The lowest BCUT2D eigenvalue weighted by atomic mass is 9.82. The molecule has 0 saturated heterocycles. The highest BCUT2D eigenvalue weighted by Crippen LogP contribution is 2.42. The summed E-state index contributed by atoms with van der Waals surface area (Å²) in [6.07, 6.45) is 0.609. The number of esters is 1. The molecule has 0 fully saturated rings. The zero-order chi connectivity index (χ0) is 19.7. The molecule has 3 rings (SSSR count). The number of ether oxygens (including phenoxy) is 1. The highest BCUT2D eigenvalue weighted by atomic mass is 35.5. The number of hydrogen-bond donors (Lipinski definition) is 0. The van der Waals surface area contributed by atoms with Gasteiger partial charge in [0.25, 0.3) is 11.8 Å². The predicted molar refractivity (Wildman–Crippen MR) is 99.2 cm³/mol. The molecule has 3 unspecified atom stereocenters. The lowest BCUT2D eigenvalue weighted by Gasteiger charge is -2.28. The molecule has 5 nitrogen and oxygen atoms in total. The van der Waals surface area contributed by atoms with E-state index in [9.17, 15) is 18.8 Å². The molecular formula is C19H18Cl2FNO4. The van der Waals surface area contributed by atoms with Crippen molar-refractivity contribution in [1.29, 1.82) is 0 Å². The minimum absolute atomic E-state index is 0.0775. The monoisotopic (exact) mass is 413 g/mol. The Morgan fingerprint density at radius 1 is 1.26 bits per heavy atom. The molecule has 0 spiro atoms. The van der Waals surface area contributed by atoms with Gasteiger partial charge in [-0.25, -0.2) is 9.29 Å². The van der Waals surface area contributed by atoms with E-state index in [0.717, 1.165) is 4.90 Å². The second-order valence-electron chi connectivity index (χ2n) is 6.49. The second kappa shape index (κ2) is 7.98. The highest BCUT2D eigenvalue weighted by molar-refractivity contribution is 6.34. The fraction of sp³-hybridized carbons (Fsp3) is 0.421. The summed E-state index contributed by atoms with van der Waals surface area (Å²) in [5.41, 5.74) is 0.547. The minimum atomic E-state index is -0.881. The molecule has 2 aliphatic rings. The molecule has 1 heterocycles. The summed E-state index contributed by atoms with van der Waals surface area (Å²) in [6, 6.07) is 5.62. The van der Waals surface area contributed by atoms with E-state index in [2.05, 4.69) is 0 Å². The first-order chi connectivity index (χ1) is 12.8. The van der Waals surface area contributed by atoms with E-state index in [4.69, 9.17) is 27.9 Å². The van der Waals surface area contributed by atoms with Crippen LogP contribution in [0, 0.1) is 11.7 Å². The van der Waals surface area contributed by atoms with E-state index >= 15 is 0 Å². The highest BCUT2D eigenvalue weighted by Gasteiger charge is 2.45. The van der Waals surface area contributed by atoms with Crippen molar-refractivity contribution in [1.82, 2.24) is 0 Å². The van der Waals surface area contributed by atoms with Crippen LogP contribution < -0.4 is 4.90 Å². The normalized spacial score (nSPS) is 23.5. The Morgan fingerprint density at radius 2 is 1.89 bits per heavy atom. The van der Waals surface area contributed by atoms with Gasteiger partial charge < -0.3 is 4.74 Å². The summed E-state index contributed by atoms with van der Waals surface area (Å²) in [5.74, 6) is -2.55. The van der Waals surface area contributed by atoms with Crippen LogP contribution in [0.3, 0.4) is 0 Å². The molecule has 0 bridgehead atoms. The molecule has 1 aromatic carbocycles. The number of anilines is 1. The number of imide groups is 1. The molecule has 0 radical (unpaired) electrons. The van der Waals surface area contributed by atoms with Gasteiger partial charge in [0.1, 0.15) is 11.2 Å². The molecule has 0 saturated carbocycles. The van der Waals surface area contributed by atoms with Crippen LogP contribution in [-0.4, -0.2) is 35.1 Å². The van der Waals surface area contributed by atoms with E-state index in [-0.39, 0.29) is 37.5 Å². The molecular weight excluding hydrogens is 396 g/mol. The van der Waals surface area contributed by atoms with Gasteiger partial charge in [0.05, 0.1) is 12.3 Å². The fourth-order valence-corrected chi connectivity index (χ4v) is 4.11. The Bertz CT molecular complexity index is 826. The van der Waals surface area contributed by atoms with Gasteiger partial charge in [0.2, 0.25) is 0 Å². The van der Waals surface area contributed by atoms with Crippen LogP contribution in [0.1, 0.15) is 26.2 Å². The summed E-state index contributed by atoms with van der Waals surface area (Å²) in [7, 11) is 0. The molecule has 2 amide bonds. The Morgan fingerprint density at radius 3 is 2.52 bits per heavy atom. The molecule has 1 aliphatic carbocycles. The minimum Gasteiger partial charge on any atom is -0.465 e. The standard InChI is InChI=1S/C19H18Cl2FNO4/c1-2-27-19(26)14(21)8-10-7-11-12(9-13(10)20)18(25)23(17(11)24)16-6-4-3-5-15(16)22/h3-6,10,13-14H,2,7-9H2,1H3. The summed E-state index contributed by atoms with van der Waals surface area (Å²) >= 11 is 12.5. The molecule has 1 aromatic rings. The quantitative estimate of drug-likeness (QED) is 0.420. The Kier molecular flexibility index (Phi) is 5.86. The smallest absolute Gasteiger partial charge is 0.324 e. The first kappa shape index (κ1) is 19.8. The van der Waals surface area contributed by atoms with E-state index in [0.29, 0.717) is 11.1 Å². The van der Waals surface area contributed by atoms with Crippen molar-refractivity contribution in [2.45, 2.75) is 36.9 Å². The van der Waals surface area contributed by atoms with Crippen molar-refractivity contribution in [2.75, 3.05) is 11.5 Å². The number of carbonyl (C=O) groups is 3. The average Bonchev–Trinajstić information content (AvgIpc) is 2.86. The van der Waals surface area contributed by atoms with Gasteiger partial charge in [0.15, 0.2) is 0 Å². The molecule has 8 heteroatoms. The topological polar surface area (TPSA) is 63.7 Å². The van der Waals surface area contributed by atoms with Crippen LogP contribution in [0.25, 0.3) is 0 Å². The number of alkyl halides is 2. The van der Waals surface area contributed by atoms with Crippen molar-refractivity contribution >= 4 is 46.7 Å². The third-order valence-electron chi connectivity index (χ3n) is 4.81. The molecule has 144 valence electrons. The van der Waals surface area contributed by atoms with Crippen molar-refractivity contribution in [3.05, 3.63) is 41.2 Å². The second-order valence-corrected chi connectivity index (χ2v) is 7.58. The van der Waals surface area contributed by atoms with Gasteiger partial charge in [-0.1, -0.05) is 12.1 Å². The zero-order valence-electron chi connectivity index (χ0n) is 14.6. The molecule has 1 aliphatic heterocycles. The number of carbonyl (C=O) groups excluding carboxylic acids is 3. The fourth-order valence-electron chi connectivity index (χ4n) is 3.47. The van der Waals surface area contributed by atoms with Crippen molar-refractivity contribution in [3.63, 3.8) is 0 Å². The number of rotatable bonds is 5. The Hall–Kier alpha value is -1.92.